The Bertz CT molecular complexity index is 579. The minimum Gasteiger partial charge on any atom is -0.478 e. The van der Waals surface area contributed by atoms with Crippen molar-refractivity contribution in [2.45, 2.75) is 6.92 Å². The Labute approximate surface area is 110 Å². The van der Waals surface area contributed by atoms with Crippen molar-refractivity contribution in [3.63, 3.8) is 0 Å². The van der Waals surface area contributed by atoms with Gasteiger partial charge in [-0.2, -0.15) is 0 Å². The Morgan fingerprint density at radius 1 is 1.17 bits per heavy atom. The number of para-hydroxylation sites is 1. The highest BCUT2D eigenvalue weighted by Crippen LogP contribution is 2.34. The number of halogens is 1. The summed E-state index contributed by atoms with van der Waals surface area (Å²) >= 11 is 6.04. The molecule has 0 aliphatic heterocycles. The first-order valence-electron chi connectivity index (χ1n) is 5.35. The van der Waals surface area contributed by atoms with Crippen LogP contribution in [0.1, 0.15) is 15.9 Å². The molecule has 0 spiro atoms. The molecule has 0 amide bonds. The van der Waals surface area contributed by atoms with Crippen molar-refractivity contribution >= 4 is 17.6 Å². The molecule has 0 saturated carbocycles. The topological polar surface area (TPSA) is 46.5 Å². The number of carboxylic acids is 1. The largest absolute Gasteiger partial charge is 0.478 e. The van der Waals surface area contributed by atoms with E-state index in [-0.39, 0.29) is 5.56 Å². The van der Waals surface area contributed by atoms with Gasteiger partial charge in [-0.25, -0.2) is 4.79 Å². The fourth-order valence-corrected chi connectivity index (χ4v) is 1.87. The van der Waals surface area contributed by atoms with Crippen LogP contribution in [0.4, 0.5) is 0 Å². The van der Waals surface area contributed by atoms with Crippen LogP contribution in [0.5, 0.6) is 11.5 Å². The van der Waals surface area contributed by atoms with Crippen molar-refractivity contribution in [1.82, 2.24) is 0 Å². The van der Waals surface area contributed by atoms with Crippen molar-refractivity contribution < 1.29 is 14.6 Å². The van der Waals surface area contributed by atoms with Gasteiger partial charge in [0.05, 0.1) is 10.6 Å². The van der Waals surface area contributed by atoms with E-state index in [9.17, 15) is 4.79 Å². The van der Waals surface area contributed by atoms with Gasteiger partial charge in [0, 0.05) is 5.56 Å². The maximum Gasteiger partial charge on any atom is 0.336 e. The van der Waals surface area contributed by atoms with E-state index in [1.165, 1.54) is 12.1 Å². The number of benzene rings is 2. The standard InChI is InChI=1S/C14H11ClO3/c1-9-11(14(16)17)7-8-12(15)13(9)18-10-5-3-2-4-6-10/h2-8H,1H3,(H,16,17). The Balaban J connectivity index is 2.44. The fourth-order valence-electron chi connectivity index (χ4n) is 1.62. The molecular formula is C14H11ClO3. The number of carboxylic acid groups (broad SMARTS) is 1. The number of hydrogen-bond donors (Lipinski definition) is 1. The Morgan fingerprint density at radius 3 is 2.44 bits per heavy atom. The first-order valence-corrected chi connectivity index (χ1v) is 5.72. The number of ether oxygens (including phenoxy) is 1. The molecule has 92 valence electrons. The second kappa shape index (κ2) is 5.10. The van der Waals surface area contributed by atoms with Crippen molar-refractivity contribution in [2.24, 2.45) is 0 Å². The summed E-state index contributed by atoms with van der Waals surface area (Å²) in [6, 6.07) is 12.1. The molecular weight excluding hydrogens is 252 g/mol. The third kappa shape index (κ3) is 2.46. The average Bonchev–Trinajstić information content (AvgIpc) is 2.35. The van der Waals surface area contributed by atoms with Gasteiger partial charge in [0.15, 0.2) is 0 Å². The summed E-state index contributed by atoms with van der Waals surface area (Å²) in [7, 11) is 0. The second-order valence-electron chi connectivity index (χ2n) is 3.77. The van der Waals surface area contributed by atoms with E-state index in [4.69, 9.17) is 21.4 Å². The molecule has 0 radical (unpaired) electrons. The van der Waals surface area contributed by atoms with Gasteiger partial charge in [0.2, 0.25) is 0 Å². The molecule has 0 aliphatic rings. The Kier molecular flexibility index (Phi) is 3.53. The smallest absolute Gasteiger partial charge is 0.336 e. The lowest BCUT2D eigenvalue weighted by Gasteiger charge is -2.12. The van der Waals surface area contributed by atoms with E-state index in [2.05, 4.69) is 0 Å². The number of hydrogen-bond acceptors (Lipinski definition) is 2. The van der Waals surface area contributed by atoms with E-state index >= 15 is 0 Å². The summed E-state index contributed by atoms with van der Waals surface area (Å²) < 4.78 is 5.64. The normalized spacial score (nSPS) is 10.1. The maximum absolute atomic E-state index is 11.0. The van der Waals surface area contributed by atoms with Gasteiger partial charge in [0.1, 0.15) is 11.5 Å². The predicted octanol–water partition coefficient (Wildman–Crippen LogP) is 4.14. The van der Waals surface area contributed by atoms with E-state index in [0.29, 0.717) is 22.1 Å². The lowest BCUT2D eigenvalue weighted by Crippen LogP contribution is -2.01. The van der Waals surface area contributed by atoms with Crippen molar-refractivity contribution in [3.05, 3.63) is 58.6 Å². The minimum absolute atomic E-state index is 0.185. The molecule has 2 rings (SSSR count). The zero-order valence-corrected chi connectivity index (χ0v) is 10.4. The molecule has 0 aliphatic carbocycles. The van der Waals surface area contributed by atoms with Gasteiger partial charge in [-0.3, -0.25) is 0 Å². The highest BCUT2D eigenvalue weighted by molar-refractivity contribution is 6.32. The van der Waals surface area contributed by atoms with Crippen LogP contribution in [0.15, 0.2) is 42.5 Å². The minimum atomic E-state index is -0.998. The van der Waals surface area contributed by atoms with Crippen molar-refractivity contribution in [2.75, 3.05) is 0 Å². The zero-order chi connectivity index (χ0) is 13.1. The lowest BCUT2D eigenvalue weighted by atomic mass is 10.1. The molecule has 1 N–H and O–H groups in total. The van der Waals surface area contributed by atoms with Crippen LogP contribution in [-0.2, 0) is 0 Å². The molecule has 0 saturated heterocycles. The molecule has 0 heterocycles. The molecule has 4 heteroatoms. The maximum atomic E-state index is 11.0. The third-order valence-electron chi connectivity index (χ3n) is 2.55. The lowest BCUT2D eigenvalue weighted by molar-refractivity contribution is 0.0695. The summed E-state index contributed by atoms with van der Waals surface area (Å²) in [5.74, 6) is -0.00474. The van der Waals surface area contributed by atoms with E-state index in [1.54, 1.807) is 19.1 Å². The van der Waals surface area contributed by atoms with Crippen LogP contribution in [0, 0.1) is 6.92 Å². The molecule has 0 aromatic heterocycles. The number of carbonyl (C=O) groups is 1. The van der Waals surface area contributed by atoms with E-state index in [1.807, 2.05) is 18.2 Å². The van der Waals surface area contributed by atoms with Gasteiger partial charge in [-0.05, 0) is 31.2 Å². The predicted molar refractivity (Wildman–Crippen MR) is 69.7 cm³/mol. The summed E-state index contributed by atoms with van der Waals surface area (Å²) in [6.45, 7) is 1.67. The van der Waals surface area contributed by atoms with Gasteiger partial charge in [-0.1, -0.05) is 29.8 Å². The quantitative estimate of drug-likeness (QED) is 0.904. The summed E-state index contributed by atoms with van der Waals surface area (Å²) in [5.41, 5.74) is 0.698. The van der Waals surface area contributed by atoms with E-state index < -0.39 is 5.97 Å². The van der Waals surface area contributed by atoms with Gasteiger partial charge >= 0.3 is 5.97 Å². The van der Waals surface area contributed by atoms with Gasteiger partial charge < -0.3 is 9.84 Å². The second-order valence-corrected chi connectivity index (χ2v) is 4.18. The molecule has 2 aromatic carbocycles. The molecule has 18 heavy (non-hydrogen) atoms. The first-order chi connectivity index (χ1) is 8.59. The van der Waals surface area contributed by atoms with E-state index in [0.717, 1.165) is 0 Å². The summed E-state index contributed by atoms with van der Waals surface area (Å²) in [5, 5.41) is 9.44. The molecule has 0 bridgehead atoms. The number of aromatic carboxylic acids is 1. The third-order valence-corrected chi connectivity index (χ3v) is 2.85. The van der Waals surface area contributed by atoms with Crippen LogP contribution in [0.25, 0.3) is 0 Å². The highest BCUT2D eigenvalue weighted by Gasteiger charge is 2.15. The molecule has 2 aromatic rings. The van der Waals surface area contributed by atoms with Crippen LogP contribution in [-0.4, -0.2) is 11.1 Å². The van der Waals surface area contributed by atoms with Crippen LogP contribution < -0.4 is 4.74 Å². The molecule has 0 unspecified atom stereocenters. The first kappa shape index (κ1) is 12.5. The zero-order valence-electron chi connectivity index (χ0n) is 9.68. The Morgan fingerprint density at radius 2 is 1.83 bits per heavy atom. The molecule has 0 fully saturated rings. The van der Waals surface area contributed by atoms with Crippen LogP contribution >= 0.6 is 11.6 Å². The van der Waals surface area contributed by atoms with Crippen LogP contribution in [0.2, 0.25) is 5.02 Å². The molecule has 3 nitrogen and oxygen atoms in total. The molecule has 0 atom stereocenters. The summed E-state index contributed by atoms with van der Waals surface area (Å²) in [4.78, 5) is 11.0. The van der Waals surface area contributed by atoms with Crippen molar-refractivity contribution in [1.29, 1.82) is 0 Å². The Hall–Kier alpha value is -2.00. The SMILES string of the molecule is Cc1c(C(=O)O)ccc(Cl)c1Oc1ccccc1. The number of rotatable bonds is 3. The van der Waals surface area contributed by atoms with Gasteiger partial charge in [0.25, 0.3) is 0 Å². The average molecular weight is 263 g/mol. The highest BCUT2D eigenvalue weighted by atomic mass is 35.5. The monoisotopic (exact) mass is 262 g/mol. The van der Waals surface area contributed by atoms with Crippen LogP contribution in [0.3, 0.4) is 0 Å². The fraction of sp³-hybridized carbons (Fsp3) is 0.0714. The van der Waals surface area contributed by atoms with Gasteiger partial charge in [-0.15, -0.1) is 0 Å². The van der Waals surface area contributed by atoms with Crippen molar-refractivity contribution in [3.8, 4) is 11.5 Å². The summed E-state index contributed by atoms with van der Waals surface area (Å²) in [6.07, 6.45) is 0.